The molecule has 1 saturated carbocycles. The van der Waals surface area contributed by atoms with E-state index in [-0.39, 0.29) is 29.7 Å². The standard InChI is InChI=1S/C16H27N3O2/c1-14(2)8-12(15(3,4)21-14)18-9-13(20)19-16(5,10-17)11-6-7-11/h11-12,18H,6-9H2,1-5H3,(H,19,20)/t12-,16+/m0/s1. The van der Waals surface area contributed by atoms with Crippen LogP contribution in [0.4, 0.5) is 0 Å². The monoisotopic (exact) mass is 293 g/mol. The summed E-state index contributed by atoms with van der Waals surface area (Å²) in [5.74, 6) is 0.183. The number of ether oxygens (including phenoxy) is 1. The van der Waals surface area contributed by atoms with Gasteiger partial charge in [-0.15, -0.1) is 0 Å². The van der Waals surface area contributed by atoms with Crippen LogP contribution in [0.5, 0.6) is 0 Å². The molecule has 0 bridgehead atoms. The number of hydrogen-bond acceptors (Lipinski definition) is 4. The lowest BCUT2D eigenvalue weighted by atomic mass is 9.94. The van der Waals surface area contributed by atoms with Gasteiger partial charge in [-0.2, -0.15) is 5.26 Å². The Kier molecular flexibility index (Phi) is 4.07. The molecule has 5 nitrogen and oxygen atoms in total. The van der Waals surface area contributed by atoms with E-state index in [0.717, 1.165) is 19.3 Å². The fourth-order valence-electron chi connectivity index (χ4n) is 3.31. The largest absolute Gasteiger partial charge is 0.368 e. The van der Waals surface area contributed by atoms with E-state index in [0.29, 0.717) is 5.92 Å². The normalized spacial score (nSPS) is 29.4. The fraction of sp³-hybridized carbons (Fsp3) is 0.875. The Morgan fingerprint density at radius 1 is 1.38 bits per heavy atom. The summed E-state index contributed by atoms with van der Waals surface area (Å²) >= 11 is 0. The molecular formula is C16H27N3O2. The number of amides is 1. The Bertz CT molecular complexity index is 463. The first-order chi connectivity index (χ1) is 9.58. The third kappa shape index (κ3) is 3.75. The van der Waals surface area contributed by atoms with Gasteiger partial charge in [0, 0.05) is 6.04 Å². The number of hydrogen-bond donors (Lipinski definition) is 2. The van der Waals surface area contributed by atoms with Crippen molar-refractivity contribution in [1.82, 2.24) is 10.6 Å². The summed E-state index contributed by atoms with van der Waals surface area (Å²) in [7, 11) is 0. The van der Waals surface area contributed by atoms with E-state index >= 15 is 0 Å². The highest BCUT2D eigenvalue weighted by atomic mass is 16.5. The average molecular weight is 293 g/mol. The fourth-order valence-corrected chi connectivity index (χ4v) is 3.31. The van der Waals surface area contributed by atoms with Gasteiger partial charge in [-0.1, -0.05) is 0 Å². The molecule has 118 valence electrons. The predicted molar refractivity (Wildman–Crippen MR) is 80.5 cm³/mol. The van der Waals surface area contributed by atoms with Gasteiger partial charge in [0.05, 0.1) is 23.8 Å². The van der Waals surface area contributed by atoms with Gasteiger partial charge in [-0.25, -0.2) is 0 Å². The minimum Gasteiger partial charge on any atom is -0.368 e. The molecule has 2 rings (SSSR count). The molecule has 5 heteroatoms. The maximum absolute atomic E-state index is 12.1. The number of nitrogens with one attached hydrogen (secondary N) is 2. The van der Waals surface area contributed by atoms with Crippen LogP contribution in [0.2, 0.25) is 0 Å². The summed E-state index contributed by atoms with van der Waals surface area (Å²) in [6.45, 7) is 10.3. The second kappa shape index (κ2) is 5.26. The van der Waals surface area contributed by atoms with Crippen LogP contribution in [-0.4, -0.2) is 35.2 Å². The zero-order chi connectivity index (χ0) is 15.9. The van der Waals surface area contributed by atoms with Crippen LogP contribution in [0, 0.1) is 17.2 Å². The number of carbonyl (C=O) groups is 1. The Balaban J connectivity index is 1.86. The summed E-state index contributed by atoms with van der Waals surface area (Å²) in [6, 6.07) is 2.38. The zero-order valence-electron chi connectivity index (χ0n) is 13.7. The van der Waals surface area contributed by atoms with Gasteiger partial charge in [-0.3, -0.25) is 4.79 Å². The lowest BCUT2D eigenvalue weighted by molar-refractivity contribution is -0.122. The van der Waals surface area contributed by atoms with Crippen LogP contribution in [0.25, 0.3) is 0 Å². The molecule has 1 saturated heterocycles. The van der Waals surface area contributed by atoms with Crippen LogP contribution in [0.3, 0.4) is 0 Å². The van der Waals surface area contributed by atoms with Gasteiger partial charge in [0.25, 0.3) is 0 Å². The summed E-state index contributed by atoms with van der Waals surface area (Å²) < 4.78 is 6.00. The number of carbonyl (C=O) groups excluding carboxylic acids is 1. The van der Waals surface area contributed by atoms with Gasteiger partial charge in [0.15, 0.2) is 0 Å². The summed E-state index contributed by atoms with van der Waals surface area (Å²) in [4.78, 5) is 12.1. The molecule has 2 fully saturated rings. The van der Waals surface area contributed by atoms with Gasteiger partial charge in [0.1, 0.15) is 5.54 Å². The van der Waals surface area contributed by atoms with E-state index in [2.05, 4.69) is 30.6 Å². The topological polar surface area (TPSA) is 74.2 Å². The van der Waals surface area contributed by atoms with Crippen molar-refractivity contribution in [2.24, 2.45) is 5.92 Å². The number of nitrogens with zero attached hydrogens (tertiary/aromatic N) is 1. The quantitative estimate of drug-likeness (QED) is 0.809. The van der Waals surface area contributed by atoms with Crippen LogP contribution in [0.15, 0.2) is 0 Å². The maximum atomic E-state index is 12.1. The minimum absolute atomic E-state index is 0.119. The van der Waals surface area contributed by atoms with E-state index in [9.17, 15) is 10.1 Å². The van der Waals surface area contributed by atoms with Crippen LogP contribution in [0.1, 0.15) is 53.9 Å². The number of rotatable bonds is 5. The maximum Gasteiger partial charge on any atom is 0.235 e. The highest BCUT2D eigenvalue weighted by Crippen LogP contribution is 2.39. The van der Waals surface area contributed by atoms with Crippen molar-refractivity contribution < 1.29 is 9.53 Å². The van der Waals surface area contributed by atoms with Crippen molar-refractivity contribution in [1.29, 1.82) is 5.26 Å². The molecule has 2 aliphatic rings. The second-order valence-electron chi connectivity index (χ2n) is 7.74. The summed E-state index contributed by atoms with van der Waals surface area (Å²) in [5.41, 5.74) is -1.19. The smallest absolute Gasteiger partial charge is 0.235 e. The molecule has 0 aromatic carbocycles. The van der Waals surface area contributed by atoms with E-state index in [1.807, 2.05) is 20.8 Å². The lowest BCUT2D eigenvalue weighted by Crippen LogP contribution is -2.52. The van der Waals surface area contributed by atoms with Crippen LogP contribution >= 0.6 is 0 Å². The Labute approximate surface area is 127 Å². The molecule has 0 spiro atoms. The van der Waals surface area contributed by atoms with E-state index < -0.39 is 5.54 Å². The molecule has 0 radical (unpaired) electrons. The molecule has 0 aromatic rings. The number of nitriles is 1. The third-order valence-corrected chi connectivity index (χ3v) is 4.61. The van der Waals surface area contributed by atoms with E-state index in [1.54, 1.807) is 0 Å². The molecule has 21 heavy (non-hydrogen) atoms. The van der Waals surface area contributed by atoms with Crippen molar-refractivity contribution in [2.45, 2.75) is 76.7 Å². The third-order valence-electron chi connectivity index (χ3n) is 4.61. The first kappa shape index (κ1) is 16.3. The summed E-state index contributed by atoms with van der Waals surface area (Å²) in [6.07, 6.45) is 2.91. The molecule has 2 atom stereocenters. The van der Waals surface area contributed by atoms with Crippen molar-refractivity contribution in [3.05, 3.63) is 0 Å². The minimum atomic E-state index is -0.722. The molecule has 1 amide bonds. The summed E-state index contributed by atoms with van der Waals surface area (Å²) in [5, 5.41) is 15.4. The van der Waals surface area contributed by atoms with Crippen molar-refractivity contribution in [3.8, 4) is 6.07 Å². The van der Waals surface area contributed by atoms with Crippen molar-refractivity contribution in [2.75, 3.05) is 6.54 Å². The molecule has 0 aromatic heterocycles. The highest BCUT2D eigenvalue weighted by Gasteiger charge is 2.46. The Morgan fingerprint density at radius 3 is 2.43 bits per heavy atom. The van der Waals surface area contributed by atoms with E-state index in [4.69, 9.17) is 4.74 Å². The molecule has 2 N–H and O–H groups in total. The van der Waals surface area contributed by atoms with Crippen molar-refractivity contribution >= 4 is 5.91 Å². The van der Waals surface area contributed by atoms with Crippen LogP contribution < -0.4 is 10.6 Å². The molecule has 1 aliphatic heterocycles. The van der Waals surface area contributed by atoms with Gasteiger partial charge < -0.3 is 15.4 Å². The van der Waals surface area contributed by atoms with Crippen molar-refractivity contribution in [3.63, 3.8) is 0 Å². The first-order valence-electron chi connectivity index (χ1n) is 7.74. The van der Waals surface area contributed by atoms with Crippen LogP contribution in [-0.2, 0) is 9.53 Å². The SMILES string of the molecule is CC1(C)C[C@H](NCC(=O)N[C@](C)(C#N)C2CC2)C(C)(C)O1. The van der Waals surface area contributed by atoms with Gasteiger partial charge in [0.2, 0.25) is 5.91 Å². The Hall–Kier alpha value is -1.12. The second-order valence-corrected chi connectivity index (χ2v) is 7.74. The lowest BCUT2D eigenvalue weighted by Gasteiger charge is -2.28. The van der Waals surface area contributed by atoms with Gasteiger partial charge in [-0.05, 0) is 59.8 Å². The highest BCUT2D eigenvalue weighted by molar-refractivity contribution is 5.79. The molecular weight excluding hydrogens is 266 g/mol. The zero-order valence-corrected chi connectivity index (χ0v) is 13.7. The predicted octanol–water partition coefficient (Wildman–Crippen LogP) is 1.73. The Morgan fingerprint density at radius 2 is 2.00 bits per heavy atom. The molecule has 1 heterocycles. The van der Waals surface area contributed by atoms with Gasteiger partial charge >= 0.3 is 0 Å². The molecule has 0 unspecified atom stereocenters. The average Bonchev–Trinajstić information content (AvgIpc) is 3.14. The van der Waals surface area contributed by atoms with E-state index in [1.165, 1.54) is 0 Å². The first-order valence-corrected chi connectivity index (χ1v) is 7.74. The molecule has 1 aliphatic carbocycles.